The standard InChI is InChI=1S/C16H33N2O2/c1-5-8-9-10-11-16(20)17(4)12-13-18(6-2,7-3)14-15-19/h5,8,19H,6-7,9-15H2,1-4H3/q+1/b8-5+. The van der Waals surface area contributed by atoms with Crippen LogP contribution in [-0.4, -0.2) is 66.8 Å². The van der Waals surface area contributed by atoms with Gasteiger partial charge in [-0.3, -0.25) is 4.79 Å². The van der Waals surface area contributed by atoms with Crippen LogP contribution in [0.25, 0.3) is 0 Å². The van der Waals surface area contributed by atoms with Crippen LogP contribution in [0.5, 0.6) is 0 Å². The molecule has 0 aliphatic rings. The molecule has 0 aromatic carbocycles. The van der Waals surface area contributed by atoms with Crippen LogP contribution in [0.3, 0.4) is 0 Å². The molecule has 4 nitrogen and oxygen atoms in total. The lowest BCUT2D eigenvalue weighted by molar-refractivity contribution is -0.924. The van der Waals surface area contributed by atoms with Gasteiger partial charge in [0.2, 0.25) is 5.91 Å². The molecule has 0 aromatic heterocycles. The van der Waals surface area contributed by atoms with Crippen LogP contribution in [0.4, 0.5) is 0 Å². The van der Waals surface area contributed by atoms with Crippen molar-refractivity contribution in [3.05, 3.63) is 12.2 Å². The second kappa shape index (κ2) is 10.9. The van der Waals surface area contributed by atoms with Gasteiger partial charge in [-0.05, 0) is 33.6 Å². The summed E-state index contributed by atoms with van der Waals surface area (Å²) in [5.41, 5.74) is 0. The summed E-state index contributed by atoms with van der Waals surface area (Å²) in [6.45, 7) is 11.0. The summed E-state index contributed by atoms with van der Waals surface area (Å²) in [5.74, 6) is 0.226. The van der Waals surface area contributed by atoms with E-state index >= 15 is 0 Å². The number of unbranched alkanes of at least 4 members (excludes halogenated alkanes) is 1. The number of hydrogen-bond acceptors (Lipinski definition) is 2. The van der Waals surface area contributed by atoms with Gasteiger partial charge in [0.15, 0.2) is 0 Å². The molecule has 0 bridgehead atoms. The quantitative estimate of drug-likeness (QED) is 0.358. The Hall–Kier alpha value is -0.870. The maximum absolute atomic E-state index is 12.0. The predicted molar refractivity (Wildman–Crippen MR) is 84.5 cm³/mol. The van der Waals surface area contributed by atoms with Gasteiger partial charge >= 0.3 is 0 Å². The number of hydrogen-bond donors (Lipinski definition) is 1. The van der Waals surface area contributed by atoms with E-state index in [1.54, 1.807) is 0 Å². The molecule has 0 saturated heterocycles. The van der Waals surface area contributed by atoms with E-state index in [0.29, 0.717) is 6.42 Å². The van der Waals surface area contributed by atoms with E-state index in [1.807, 2.05) is 24.9 Å². The maximum atomic E-state index is 12.0. The lowest BCUT2D eigenvalue weighted by Gasteiger charge is -2.37. The Morgan fingerprint density at radius 3 is 2.40 bits per heavy atom. The molecule has 0 unspecified atom stereocenters. The van der Waals surface area contributed by atoms with Crippen LogP contribution in [0, 0.1) is 0 Å². The number of likely N-dealkylation sites (N-methyl/N-ethyl adjacent to an activating group) is 2. The topological polar surface area (TPSA) is 40.5 Å². The van der Waals surface area contributed by atoms with Crippen LogP contribution in [0.15, 0.2) is 12.2 Å². The molecule has 0 fully saturated rings. The second-order valence-corrected chi connectivity index (χ2v) is 5.42. The van der Waals surface area contributed by atoms with Crippen molar-refractivity contribution in [1.82, 2.24) is 4.90 Å². The molecule has 0 saturated carbocycles. The van der Waals surface area contributed by atoms with Crippen molar-refractivity contribution in [2.75, 3.05) is 46.4 Å². The predicted octanol–water partition coefficient (Wildman–Crippen LogP) is 2.04. The fourth-order valence-electron chi connectivity index (χ4n) is 2.40. The van der Waals surface area contributed by atoms with Crippen molar-refractivity contribution < 1.29 is 14.4 Å². The van der Waals surface area contributed by atoms with Gasteiger partial charge < -0.3 is 14.5 Å². The summed E-state index contributed by atoms with van der Waals surface area (Å²) in [6, 6.07) is 0. The molecule has 0 aromatic rings. The number of aliphatic hydroxyl groups excluding tert-OH is 1. The molecule has 0 rings (SSSR count). The molecule has 0 radical (unpaired) electrons. The highest BCUT2D eigenvalue weighted by molar-refractivity contribution is 5.75. The van der Waals surface area contributed by atoms with Crippen molar-refractivity contribution in [2.45, 2.75) is 40.0 Å². The lowest BCUT2D eigenvalue weighted by Crippen LogP contribution is -2.53. The van der Waals surface area contributed by atoms with Crippen molar-refractivity contribution in [1.29, 1.82) is 0 Å². The molecule has 20 heavy (non-hydrogen) atoms. The first kappa shape index (κ1) is 19.1. The Morgan fingerprint density at radius 1 is 1.25 bits per heavy atom. The first-order valence-corrected chi connectivity index (χ1v) is 7.86. The number of aliphatic hydroxyl groups is 1. The lowest BCUT2D eigenvalue weighted by atomic mass is 10.2. The van der Waals surface area contributed by atoms with Crippen molar-refractivity contribution in [2.24, 2.45) is 0 Å². The molecular weight excluding hydrogens is 252 g/mol. The highest BCUT2D eigenvalue weighted by Gasteiger charge is 2.23. The van der Waals surface area contributed by atoms with E-state index in [4.69, 9.17) is 0 Å². The van der Waals surface area contributed by atoms with Crippen LogP contribution >= 0.6 is 0 Å². The third-order valence-electron chi connectivity index (χ3n) is 4.25. The van der Waals surface area contributed by atoms with E-state index in [0.717, 1.165) is 50.0 Å². The van der Waals surface area contributed by atoms with Gasteiger partial charge in [-0.2, -0.15) is 0 Å². The summed E-state index contributed by atoms with van der Waals surface area (Å²) in [4.78, 5) is 13.8. The molecular formula is C16H33N2O2+. The first-order chi connectivity index (χ1) is 9.55. The number of carbonyl (C=O) groups is 1. The molecule has 0 heterocycles. The van der Waals surface area contributed by atoms with Crippen molar-refractivity contribution >= 4 is 5.91 Å². The van der Waals surface area contributed by atoms with Crippen molar-refractivity contribution in [3.8, 4) is 0 Å². The summed E-state index contributed by atoms with van der Waals surface area (Å²) < 4.78 is 0.882. The van der Waals surface area contributed by atoms with Gasteiger partial charge in [0.05, 0.1) is 32.8 Å². The van der Waals surface area contributed by atoms with Crippen LogP contribution < -0.4 is 0 Å². The fraction of sp³-hybridized carbons (Fsp3) is 0.812. The summed E-state index contributed by atoms with van der Waals surface area (Å²) in [6.07, 6.45) is 6.65. The van der Waals surface area contributed by atoms with Gasteiger partial charge in [0.25, 0.3) is 0 Å². The van der Waals surface area contributed by atoms with Gasteiger partial charge in [0.1, 0.15) is 6.54 Å². The maximum Gasteiger partial charge on any atom is 0.222 e. The molecule has 0 aliphatic carbocycles. The normalized spacial score (nSPS) is 12.1. The third-order valence-corrected chi connectivity index (χ3v) is 4.25. The average molecular weight is 285 g/mol. The Morgan fingerprint density at radius 2 is 1.90 bits per heavy atom. The highest BCUT2D eigenvalue weighted by Crippen LogP contribution is 2.07. The number of amides is 1. The van der Waals surface area contributed by atoms with Crippen LogP contribution in [0.1, 0.15) is 40.0 Å². The monoisotopic (exact) mass is 285 g/mol. The highest BCUT2D eigenvalue weighted by atomic mass is 16.3. The SMILES string of the molecule is C/C=C/CCCC(=O)N(C)CC[N+](CC)(CC)CCO. The zero-order valence-corrected chi connectivity index (χ0v) is 13.8. The van der Waals surface area contributed by atoms with Gasteiger partial charge in [-0.1, -0.05) is 12.2 Å². The molecule has 4 heteroatoms. The van der Waals surface area contributed by atoms with Crippen LogP contribution in [0.2, 0.25) is 0 Å². The number of rotatable bonds is 11. The largest absolute Gasteiger partial charge is 0.391 e. The summed E-state index contributed by atoms with van der Waals surface area (Å²) in [5, 5.41) is 9.20. The number of nitrogens with zero attached hydrogens (tertiary/aromatic N) is 2. The zero-order valence-electron chi connectivity index (χ0n) is 13.8. The van der Waals surface area contributed by atoms with E-state index < -0.39 is 0 Å². The Bertz CT molecular complexity index is 286. The number of quaternary nitrogens is 1. The molecule has 0 atom stereocenters. The summed E-state index contributed by atoms with van der Waals surface area (Å²) in [7, 11) is 1.89. The third kappa shape index (κ3) is 7.06. The molecule has 1 amide bonds. The van der Waals surface area contributed by atoms with Gasteiger partial charge in [-0.15, -0.1) is 0 Å². The Kier molecular flexibility index (Phi) is 10.4. The van der Waals surface area contributed by atoms with E-state index in [1.165, 1.54) is 0 Å². The van der Waals surface area contributed by atoms with E-state index in [2.05, 4.69) is 19.9 Å². The second-order valence-electron chi connectivity index (χ2n) is 5.42. The molecule has 0 spiro atoms. The smallest absolute Gasteiger partial charge is 0.222 e. The fourth-order valence-corrected chi connectivity index (χ4v) is 2.40. The van der Waals surface area contributed by atoms with Crippen LogP contribution in [-0.2, 0) is 4.79 Å². The first-order valence-electron chi connectivity index (χ1n) is 7.86. The minimum absolute atomic E-state index is 0.211. The minimum atomic E-state index is 0.211. The summed E-state index contributed by atoms with van der Waals surface area (Å²) >= 11 is 0. The number of allylic oxidation sites excluding steroid dienone is 2. The van der Waals surface area contributed by atoms with E-state index in [9.17, 15) is 9.90 Å². The average Bonchev–Trinajstić information content (AvgIpc) is 2.47. The van der Waals surface area contributed by atoms with E-state index in [-0.39, 0.29) is 12.5 Å². The van der Waals surface area contributed by atoms with Gasteiger partial charge in [-0.25, -0.2) is 0 Å². The Labute approximate surface area is 124 Å². The molecule has 1 N–H and O–H groups in total. The van der Waals surface area contributed by atoms with Crippen molar-refractivity contribution in [3.63, 3.8) is 0 Å². The molecule has 118 valence electrons. The number of carbonyl (C=O) groups excluding carboxylic acids is 1. The van der Waals surface area contributed by atoms with Gasteiger partial charge in [0, 0.05) is 13.5 Å². The zero-order chi connectivity index (χ0) is 15.4. The molecule has 0 aliphatic heterocycles. The Balaban J connectivity index is 4.17. The minimum Gasteiger partial charge on any atom is -0.391 e.